The molecule has 1 heterocycles. The van der Waals surface area contributed by atoms with E-state index in [0.29, 0.717) is 11.7 Å². The molecule has 1 aromatic heterocycles. The number of ether oxygens (including phenoxy) is 1. The molecule has 0 bridgehead atoms. The largest absolute Gasteiger partial charge is 0.466 e. The minimum absolute atomic E-state index is 0.0869. The number of carbonyl (C=O) groups is 2. The van der Waals surface area contributed by atoms with Crippen LogP contribution < -0.4 is 5.32 Å². The van der Waals surface area contributed by atoms with E-state index >= 15 is 0 Å². The monoisotopic (exact) mass is 292 g/mol. The number of hydrogen-bond acceptors (Lipinski definition) is 5. The number of nitrogens with zero attached hydrogens (tertiary/aromatic N) is 1. The van der Waals surface area contributed by atoms with Crippen LogP contribution in [0.3, 0.4) is 0 Å². The number of para-hydroxylation sites is 1. The number of nitrogens with one attached hydrogen (secondary N) is 1. The van der Waals surface area contributed by atoms with Crippen molar-refractivity contribution in [2.24, 2.45) is 0 Å². The van der Waals surface area contributed by atoms with Gasteiger partial charge in [0.15, 0.2) is 5.13 Å². The van der Waals surface area contributed by atoms with Crippen LogP contribution in [0.2, 0.25) is 0 Å². The Morgan fingerprint density at radius 1 is 1.35 bits per heavy atom. The van der Waals surface area contributed by atoms with Crippen LogP contribution in [0.1, 0.15) is 25.3 Å². The summed E-state index contributed by atoms with van der Waals surface area (Å²) in [4.78, 5) is 27.3. The molecule has 0 atom stereocenters. The SMILES string of the molecule is CCOC(=O)CCC(=O)Nc1nc2c(C)cccc2s1. The highest BCUT2D eigenvalue weighted by Gasteiger charge is 2.11. The topological polar surface area (TPSA) is 68.3 Å². The Morgan fingerprint density at radius 2 is 2.15 bits per heavy atom. The molecule has 2 aromatic rings. The zero-order valence-corrected chi connectivity index (χ0v) is 12.3. The number of hydrogen-bond donors (Lipinski definition) is 1. The standard InChI is InChI=1S/C14H16N2O3S/c1-3-19-12(18)8-7-11(17)15-14-16-13-9(2)5-4-6-10(13)20-14/h4-6H,3,7-8H2,1-2H3,(H,15,16,17). The molecule has 0 aliphatic heterocycles. The number of anilines is 1. The molecule has 20 heavy (non-hydrogen) atoms. The predicted molar refractivity (Wildman–Crippen MR) is 78.9 cm³/mol. The van der Waals surface area contributed by atoms with E-state index < -0.39 is 0 Å². The van der Waals surface area contributed by atoms with Gasteiger partial charge in [-0.05, 0) is 25.5 Å². The molecule has 0 saturated heterocycles. The van der Waals surface area contributed by atoms with E-state index in [0.717, 1.165) is 15.8 Å². The first-order chi connectivity index (χ1) is 9.60. The maximum absolute atomic E-state index is 11.7. The molecule has 1 aromatic carbocycles. The average molecular weight is 292 g/mol. The van der Waals surface area contributed by atoms with Crippen molar-refractivity contribution in [2.45, 2.75) is 26.7 Å². The van der Waals surface area contributed by atoms with Gasteiger partial charge in [-0.15, -0.1) is 0 Å². The van der Waals surface area contributed by atoms with E-state index in [1.807, 2.05) is 25.1 Å². The molecule has 1 amide bonds. The third-order valence-electron chi connectivity index (χ3n) is 2.73. The fourth-order valence-electron chi connectivity index (χ4n) is 1.77. The van der Waals surface area contributed by atoms with E-state index in [4.69, 9.17) is 4.74 Å². The highest BCUT2D eigenvalue weighted by atomic mass is 32.1. The van der Waals surface area contributed by atoms with Crippen molar-refractivity contribution < 1.29 is 14.3 Å². The van der Waals surface area contributed by atoms with Gasteiger partial charge in [0.1, 0.15) is 0 Å². The van der Waals surface area contributed by atoms with Gasteiger partial charge in [0.25, 0.3) is 0 Å². The van der Waals surface area contributed by atoms with Crippen molar-refractivity contribution in [3.63, 3.8) is 0 Å². The lowest BCUT2D eigenvalue weighted by molar-refractivity contribution is -0.144. The molecule has 0 aliphatic carbocycles. The maximum atomic E-state index is 11.7. The lowest BCUT2D eigenvalue weighted by Crippen LogP contribution is -2.14. The van der Waals surface area contributed by atoms with Crippen LogP contribution in [-0.4, -0.2) is 23.5 Å². The Kier molecular flexibility index (Phi) is 4.68. The van der Waals surface area contributed by atoms with Crippen LogP contribution in [0.15, 0.2) is 18.2 Å². The quantitative estimate of drug-likeness (QED) is 0.860. The molecule has 5 nitrogen and oxygen atoms in total. The van der Waals surface area contributed by atoms with Gasteiger partial charge in [-0.3, -0.25) is 9.59 Å². The first kappa shape index (κ1) is 14.5. The van der Waals surface area contributed by atoms with Crippen LogP contribution in [0.25, 0.3) is 10.2 Å². The summed E-state index contributed by atoms with van der Waals surface area (Å²) < 4.78 is 5.81. The number of carbonyl (C=O) groups excluding carboxylic acids is 2. The molecule has 0 saturated carbocycles. The third-order valence-corrected chi connectivity index (χ3v) is 3.66. The summed E-state index contributed by atoms with van der Waals surface area (Å²) in [5.74, 6) is -0.586. The number of benzene rings is 1. The van der Waals surface area contributed by atoms with E-state index in [1.165, 1.54) is 11.3 Å². The second kappa shape index (κ2) is 6.47. The zero-order chi connectivity index (χ0) is 14.5. The first-order valence-corrected chi connectivity index (χ1v) is 7.23. The molecular formula is C14H16N2O3S. The van der Waals surface area contributed by atoms with Gasteiger partial charge in [0.2, 0.25) is 5.91 Å². The van der Waals surface area contributed by atoms with Crippen LogP contribution in [0.5, 0.6) is 0 Å². The Bertz CT molecular complexity index is 636. The molecule has 1 N–H and O–H groups in total. The van der Waals surface area contributed by atoms with E-state index in [9.17, 15) is 9.59 Å². The summed E-state index contributed by atoms with van der Waals surface area (Å²) in [5, 5.41) is 3.28. The molecule has 0 aliphatic rings. The summed E-state index contributed by atoms with van der Waals surface area (Å²) in [6.07, 6.45) is 0.192. The van der Waals surface area contributed by atoms with Gasteiger partial charge < -0.3 is 10.1 Å². The Balaban J connectivity index is 1.96. The first-order valence-electron chi connectivity index (χ1n) is 6.41. The van der Waals surface area contributed by atoms with Crippen molar-refractivity contribution in [1.29, 1.82) is 0 Å². The number of amides is 1. The fourth-order valence-corrected chi connectivity index (χ4v) is 2.73. The van der Waals surface area contributed by atoms with Crippen molar-refractivity contribution in [1.82, 2.24) is 4.98 Å². The highest BCUT2D eigenvalue weighted by Crippen LogP contribution is 2.27. The summed E-state index contributed by atoms with van der Waals surface area (Å²) in [5.41, 5.74) is 1.98. The van der Waals surface area contributed by atoms with Crippen molar-refractivity contribution >= 4 is 38.6 Å². The van der Waals surface area contributed by atoms with Gasteiger partial charge in [0, 0.05) is 6.42 Å². The number of thiazole rings is 1. The van der Waals surface area contributed by atoms with Crippen molar-refractivity contribution in [3.05, 3.63) is 23.8 Å². The van der Waals surface area contributed by atoms with Gasteiger partial charge in [-0.25, -0.2) is 4.98 Å². The van der Waals surface area contributed by atoms with Crippen LogP contribution in [0, 0.1) is 6.92 Å². The number of aromatic nitrogens is 1. The van der Waals surface area contributed by atoms with Crippen molar-refractivity contribution in [2.75, 3.05) is 11.9 Å². The minimum Gasteiger partial charge on any atom is -0.466 e. The second-order valence-electron chi connectivity index (χ2n) is 4.29. The second-order valence-corrected chi connectivity index (χ2v) is 5.32. The summed E-state index contributed by atoms with van der Waals surface area (Å²) >= 11 is 1.43. The molecule has 0 unspecified atom stereocenters. The zero-order valence-electron chi connectivity index (χ0n) is 11.4. The summed E-state index contributed by atoms with van der Waals surface area (Å²) in [6, 6.07) is 5.91. The van der Waals surface area contributed by atoms with Crippen LogP contribution in [-0.2, 0) is 14.3 Å². The average Bonchev–Trinajstić information content (AvgIpc) is 2.81. The fraction of sp³-hybridized carbons (Fsp3) is 0.357. The van der Waals surface area contributed by atoms with E-state index in [-0.39, 0.29) is 24.7 Å². The van der Waals surface area contributed by atoms with Crippen molar-refractivity contribution in [3.8, 4) is 0 Å². The number of aryl methyl sites for hydroxylation is 1. The molecular weight excluding hydrogens is 276 g/mol. The van der Waals surface area contributed by atoms with Crippen LogP contribution >= 0.6 is 11.3 Å². The van der Waals surface area contributed by atoms with Gasteiger partial charge in [-0.1, -0.05) is 23.5 Å². The molecule has 0 fully saturated rings. The minimum atomic E-state index is -0.359. The van der Waals surface area contributed by atoms with Crippen LogP contribution in [0.4, 0.5) is 5.13 Å². The van der Waals surface area contributed by atoms with Gasteiger partial charge >= 0.3 is 5.97 Å². The molecule has 2 rings (SSSR count). The maximum Gasteiger partial charge on any atom is 0.306 e. The molecule has 106 valence electrons. The Labute approximate surface area is 121 Å². The number of fused-ring (bicyclic) bond motifs is 1. The highest BCUT2D eigenvalue weighted by molar-refractivity contribution is 7.22. The Morgan fingerprint density at radius 3 is 2.85 bits per heavy atom. The summed E-state index contributed by atoms with van der Waals surface area (Å²) in [6.45, 7) is 4.05. The third kappa shape index (κ3) is 3.54. The molecule has 0 radical (unpaired) electrons. The van der Waals surface area contributed by atoms with Gasteiger partial charge in [-0.2, -0.15) is 0 Å². The Hall–Kier alpha value is -1.95. The number of esters is 1. The molecule has 0 spiro atoms. The summed E-state index contributed by atoms with van der Waals surface area (Å²) in [7, 11) is 0. The number of rotatable bonds is 5. The molecule has 6 heteroatoms. The van der Waals surface area contributed by atoms with E-state index in [2.05, 4.69) is 10.3 Å². The smallest absolute Gasteiger partial charge is 0.306 e. The lowest BCUT2D eigenvalue weighted by atomic mass is 10.2. The normalized spacial score (nSPS) is 10.5. The van der Waals surface area contributed by atoms with Gasteiger partial charge in [0.05, 0.1) is 23.2 Å². The van der Waals surface area contributed by atoms with E-state index in [1.54, 1.807) is 6.92 Å². The lowest BCUT2D eigenvalue weighted by Gasteiger charge is -2.01. The predicted octanol–water partition coefficient (Wildman–Crippen LogP) is 2.89.